The minimum Gasteiger partial charge on any atom is -0.480 e. The molecule has 0 amide bonds. The van der Waals surface area contributed by atoms with E-state index in [0.29, 0.717) is 11.6 Å². The second-order valence-corrected chi connectivity index (χ2v) is 4.72. The molecule has 0 saturated heterocycles. The van der Waals surface area contributed by atoms with Crippen molar-refractivity contribution in [2.24, 2.45) is 5.92 Å². The minimum absolute atomic E-state index is 0.333. The van der Waals surface area contributed by atoms with Crippen molar-refractivity contribution in [1.82, 2.24) is 5.23 Å². The number of carbonyl (C=O) groups is 1. The number of aliphatic hydroxyl groups excluding tert-OH is 4. The average molecular weight is 311 g/mol. The largest absolute Gasteiger partial charge is 0.480 e. The van der Waals surface area contributed by atoms with Crippen LogP contribution in [0.25, 0.3) is 0 Å². The van der Waals surface area contributed by atoms with Crippen LogP contribution in [0.2, 0.25) is 0 Å². The van der Waals surface area contributed by atoms with Gasteiger partial charge >= 0.3 is 5.97 Å². The molecule has 2 unspecified atom stereocenters. The first-order valence-electron chi connectivity index (χ1n) is 6.72. The van der Waals surface area contributed by atoms with Crippen LogP contribution >= 0.6 is 0 Å². The molecular formula is C12H25NO8. The number of carboxylic acids is 1. The van der Waals surface area contributed by atoms with Crippen molar-refractivity contribution in [3.8, 4) is 0 Å². The predicted molar refractivity (Wildman–Crippen MR) is 70.8 cm³/mol. The molecular weight excluding hydrogens is 286 g/mol. The summed E-state index contributed by atoms with van der Waals surface area (Å²) in [6.07, 6.45) is -1.85. The van der Waals surface area contributed by atoms with Crippen LogP contribution in [0.1, 0.15) is 20.3 Å². The van der Waals surface area contributed by atoms with Crippen molar-refractivity contribution in [1.29, 1.82) is 0 Å². The van der Waals surface area contributed by atoms with Gasteiger partial charge in [-0.15, -0.1) is 0 Å². The van der Waals surface area contributed by atoms with Gasteiger partial charge < -0.3 is 25.5 Å². The Kier molecular flexibility index (Phi) is 10.4. The lowest BCUT2D eigenvalue weighted by atomic mass is 10.00. The summed E-state index contributed by atoms with van der Waals surface area (Å²) in [6.45, 7) is 1.65. The van der Waals surface area contributed by atoms with Gasteiger partial charge in [-0.1, -0.05) is 25.5 Å². The monoisotopic (exact) mass is 311 g/mol. The Bertz CT molecular complexity index is 276. The Balaban J connectivity index is 4.83. The number of rotatable bonds is 12. The van der Waals surface area contributed by atoms with E-state index in [0.717, 1.165) is 0 Å². The Hall–Kier alpha value is -0.810. The molecule has 0 rings (SSSR count). The molecule has 0 aromatic carbocycles. The third-order valence-corrected chi connectivity index (χ3v) is 2.87. The summed E-state index contributed by atoms with van der Waals surface area (Å²) in [7, 11) is 0. The van der Waals surface area contributed by atoms with Crippen molar-refractivity contribution in [2.75, 3.05) is 26.4 Å². The highest BCUT2D eigenvalue weighted by Gasteiger charge is 2.33. The van der Waals surface area contributed by atoms with Gasteiger partial charge in [0.2, 0.25) is 0 Å². The van der Waals surface area contributed by atoms with Gasteiger partial charge in [-0.25, -0.2) is 0 Å². The van der Waals surface area contributed by atoms with E-state index in [1.807, 2.05) is 0 Å². The topological polar surface area (TPSA) is 140 Å². The van der Waals surface area contributed by atoms with Gasteiger partial charge in [-0.2, -0.15) is 0 Å². The number of hydrogen-bond donors (Lipinski definition) is 5. The van der Waals surface area contributed by atoms with Crippen LogP contribution in [0.3, 0.4) is 0 Å². The van der Waals surface area contributed by atoms with Gasteiger partial charge in [0.05, 0.1) is 26.4 Å². The standard InChI is InChI=1S/C12H25NO8/c1-3-8(2)11(12(18)19)13(20-6-9(16)4-14)21-7-10(17)5-15/h8-11,14-17H,3-7H2,1-2H3,(H,18,19)/t8-,9?,10?,11-/m0/s1. The molecule has 5 N–H and O–H groups in total. The first-order valence-corrected chi connectivity index (χ1v) is 6.72. The molecule has 0 spiro atoms. The van der Waals surface area contributed by atoms with Crippen LogP contribution in [0.15, 0.2) is 0 Å². The van der Waals surface area contributed by atoms with E-state index < -0.39 is 37.4 Å². The average Bonchev–Trinajstić information content (AvgIpc) is 2.47. The van der Waals surface area contributed by atoms with E-state index in [9.17, 15) is 20.1 Å². The number of aliphatic carboxylic acids is 1. The van der Waals surface area contributed by atoms with E-state index in [1.54, 1.807) is 13.8 Å². The van der Waals surface area contributed by atoms with Gasteiger partial charge in [-0.05, 0) is 5.92 Å². The zero-order valence-corrected chi connectivity index (χ0v) is 12.3. The predicted octanol–water partition coefficient (Wildman–Crippen LogP) is -1.64. The van der Waals surface area contributed by atoms with Crippen LogP contribution in [-0.2, 0) is 14.5 Å². The molecule has 21 heavy (non-hydrogen) atoms. The summed E-state index contributed by atoms with van der Waals surface area (Å²) in [5, 5.41) is 45.9. The second kappa shape index (κ2) is 10.9. The highest BCUT2D eigenvalue weighted by Crippen LogP contribution is 2.17. The molecule has 0 heterocycles. The zero-order chi connectivity index (χ0) is 16.4. The number of hydroxylamine groups is 2. The fourth-order valence-electron chi connectivity index (χ4n) is 1.39. The molecule has 126 valence electrons. The maximum atomic E-state index is 11.3. The fourth-order valence-corrected chi connectivity index (χ4v) is 1.39. The molecule has 0 aliphatic rings. The van der Waals surface area contributed by atoms with Gasteiger partial charge in [-0.3, -0.25) is 14.5 Å². The van der Waals surface area contributed by atoms with E-state index in [-0.39, 0.29) is 19.1 Å². The smallest absolute Gasteiger partial charge is 0.326 e. The lowest BCUT2D eigenvalue weighted by Crippen LogP contribution is -2.47. The van der Waals surface area contributed by atoms with E-state index in [4.69, 9.17) is 19.9 Å². The quantitative estimate of drug-likeness (QED) is 0.268. The van der Waals surface area contributed by atoms with Crippen LogP contribution in [-0.4, -0.2) is 81.4 Å². The van der Waals surface area contributed by atoms with Gasteiger partial charge in [0, 0.05) is 0 Å². The lowest BCUT2D eigenvalue weighted by Gasteiger charge is -2.31. The summed E-state index contributed by atoms with van der Waals surface area (Å²) >= 11 is 0. The minimum atomic E-state index is -1.19. The first kappa shape index (κ1) is 20.2. The molecule has 0 fully saturated rings. The maximum absolute atomic E-state index is 11.3. The fraction of sp³-hybridized carbons (Fsp3) is 0.917. The molecule has 0 aliphatic carbocycles. The highest BCUT2D eigenvalue weighted by atomic mass is 17.0. The van der Waals surface area contributed by atoms with E-state index in [2.05, 4.69) is 0 Å². The molecule has 4 atom stereocenters. The third-order valence-electron chi connectivity index (χ3n) is 2.87. The highest BCUT2D eigenvalue weighted by molar-refractivity contribution is 5.73. The summed E-state index contributed by atoms with van der Waals surface area (Å²) in [4.78, 5) is 21.5. The van der Waals surface area contributed by atoms with Crippen molar-refractivity contribution in [2.45, 2.75) is 38.5 Å². The molecule has 9 nitrogen and oxygen atoms in total. The van der Waals surface area contributed by atoms with Crippen LogP contribution in [0.4, 0.5) is 0 Å². The third kappa shape index (κ3) is 7.67. The van der Waals surface area contributed by atoms with Gasteiger partial charge in [0.1, 0.15) is 12.2 Å². The summed E-state index contributed by atoms with van der Waals surface area (Å²) in [5.41, 5.74) is 0. The van der Waals surface area contributed by atoms with E-state index in [1.165, 1.54) is 0 Å². The van der Waals surface area contributed by atoms with Crippen molar-refractivity contribution < 1.29 is 40.0 Å². The maximum Gasteiger partial charge on any atom is 0.326 e. The Morgan fingerprint density at radius 3 is 1.81 bits per heavy atom. The molecule has 0 saturated carbocycles. The summed E-state index contributed by atoms with van der Waals surface area (Å²) in [6, 6.07) is -1.16. The Labute approximate surface area is 123 Å². The Morgan fingerprint density at radius 2 is 1.52 bits per heavy atom. The number of carboxylic acid groups (broad SMARTS) is 1. The number of nitrogens with zero attached hydrogens (tertiary/aromatic N) is 1. The van der Waals surface area contributed by atoms with Gasteiger partial charge in [0.15, 0.2) is 6.04 Å². The van der Waals surface area contributed by atoms with Crippen LogP contribution < -0.4 is 0 Å². The SMILES string of the molecule is CC[C@H](C)[C@@H](C(=O)O)N(OCC(O)CO)OCC(O)CO. The molecule has 9 heteroatoms. The molecule has 0 aromatic heterocycles. The Morgan fingerprint density at radius 1 is 1.10 bits per heavy atom. The molecule has 0 aliphatic heterocycles. The first-order chi connectivity index (χ1) is 9.87. The van der Waals surface area contributed by atoms with Gasteiger partial charge in [0.25, 0.3) is 0 Å². The van der Waals surface area contributed by atoms with Crippen LogP contribution in [0, 0.1) is 5.92 Å². The zero-order valence-electron chi connectivity index (χ0n) is 12.3. The molecule has 0 bridgehead atoms. The second-order valence-electron chi connectivity index (χ2n) is 4.72. The van der Waals surface area contributed by atoms with E-state index >= 15 is 0 Å². The molecule has 0 aromatic rings. The summed E-state index contributed by atoms with van der Waals surface area (Å²) in [5.74, 6) is -1.53. The lowest BCUT2D eigenvalue weighted by molar-refractivity contribution is -0.398. The van der Waals surface area contributed by atoms with Crippen molar-refractivity contribution in [3.05, 3.63) is 0 Å². The van der Waals surface area contributed by atoms with Crippen molar-refractivity contribution >= 4 is 5.97 Å². The normalized spacial score (nSPS) is 17.5. The van der Waals surface area contributed by atoms with Crippen LogP contribution in [0.5, 0.6) is 0 Å². The number of aliphatic hydroxyl groups is 4. The summed E-state index contributed by atoms with van der Waals surface area (Å²) < 4.78 is 0. The number of hydrogen-bond acceptors (Lipinski definition) is 8. The van der Waals surface area contributed by atoms with Crippen molar-refractivity contribution in [3.63, 3.8) is 0 Å². The molecule has 0 radical (unpaired) electrons.